The highest BCUT2D eigenvalue weighted by atomic mass is 15.2. The zero-order chi connectivity index (χ0) is 7.61. The van der Waals surface area contributed by atoms with Gasteiger partial charge in [-0.1, -0.05) is 6.92 Å². The normalized spacial score (nSPS) is 26.7. The fraction of sp³-hybridized carbons (Fsp3) is 1.00. The number of hydrogen-bond donors (Lipinski definition) is 1. The van der Waals surface area contributed by atoms with Gasteiger partial charge in [-0.25, -0.2) is 0 Å². The molecule has 1 saturated heterocycles. The Bertz CT molecular complexity index is 110. The average molecular weight is 142 g/mol. The van der Waals surface area contributed by atoms with Crippen molar-refractivity contribution in [1.29, 1.82) is 0 Å². The molecule has 1 rings (SSSR count). The fourth-order valence-corrected chi connectivity index (χ4v) is 1.52. The van der Waals surface area contributed by atoms with Gasteiger partial charge in [0.1, 0.15) is 0 Å². The van der Waals surface area contributed by atoms with Crippen molar-refractivity contribution < 1.29 is 0 Å². The minimum atomic E-state index is 0.328. The molecule has 60 valence electrons. The van der Waals surface area contributed by atoms with E-state index in [-0.39, 0.29) is 0 Å². The Morgan fingerprint density at radius 3 is 2.60 bits per heavy atom. The summed E-state index contributed by atoms with van der Waals surface area (Å²) >= 11 is 0. The maximum absolute atomic E-state index is 3.48. The molecule has 1 aliphatic rings. The molecule has 0 atom stereocenters. The second-order valence-corrected chi connectivity index (χ2v) is 3.68. The Morgan fingerprint density at radius 2 is 2.20 bits per heavy atom. The highest BCUT2D eigenvalue weighted by Gasteiger charge is 2.23. The van der Waals surface area contributed by atoms with Crippen LogP contribution in [0.3, 0.4) is 0 Å². The second kappa shape index (κ2) is 2.89. The summed E-state index contributed by atoms with van der Waals surface area (Å²) in [6.07, 6.45) is 0. The van der Waals surface area contributed by atoms with Gasteiger partial charge in [0, 0.05) is 25.2 Å². The van der Waals surface area contributed by atoms with E-state index in [2.05, 4.69) is 31.0 Å². The molecule has 0 amide bonds. The molecule has 0 saturated carbocycles. The Balaban J connectivity index is 2.40. The molecule has 2 heteroatoms. The largest absolute Gasteiger partial charge is 0.309 e. The minimum absolute atomic E-state index is 0.328. The van der Waals surface area contributed by atoms with Crippen LogP contribution in [0, 0.1) is 0 Å². The summed E-state index contributed by atoms with van der Waals surface area (Å²) in [6, 6.07) is 0. The first-order valence-corrected chi connectivity index (χ1v) is 4.11. The molecule has 10 heavy (non-hydrogen) atoms. The van der Waals surface area contributed by atoms with Gasteiger partial charge in [-0.05, 0) is 20.4 Å². The number of rotatable bonds is 1. The van der Waals surface area contributed by atoms with Crippen molar-refractivity contribution in [1.82, 2.24) is 10.2 Å². The molecule has 1 aliphatic heterocycles. The van der Waals surface area contributed by atoms with Gasteiger partial charge in [0.05, 0.1) is 0 Å². The smallest absolute Gasteiger partial charge is 0.0252 e. The van der Waals surface area contributed by atoms with E-state index in [1.54, 1.807) is 0 Å². The maximum Gasteiger partial charge on any atom is 0.0252 e. The fourth-order valence-electron chi connectivity index (χ4n) is 1.52. The monoisotopic (exact) mass is 142 g/mol. The predicted octanol–water partition coefficient (Wildman–Crippen LogP) is 0.690. The molecule has 0 aromatic rings. The van der Waals surface area contributed by atoms with Crippen molar-refractivity contribution in [2.75, 3.05) is 26.2 Å². The quantitative estimate of drug-likeness (QED) is 0.579. The average Bonchev–Trinajstić information content (AvgIpc) is 1.86. The zero-order valence-electron chi connectivity index (χ0n) is 7.28. The summed E-state index contributed by atoms with van der Waals surface area (Å²) in [6.45, 7) is 11.5. The third-order valence-electron chi connectivity index (χ3n) is 2.10. The van der Waals surface area contributed by atoms with Crippen molar-refractivity contribution in [3.8, 4) is 0 Å². The summed E-state index contributed by atoms with van der Waals surface area (Å²) in [5, 5.41) is 3.48. The third kappa shape index (κ3) is 1.96. The van der Waals surface area contributed by atoms with Gasteiger partial charge in [0.2, 0.25) is 0 Å². The molecule has 2 nitrogen and oxygen atoms in total. The molecule has 0 bridgehead atoms. The van der Waals surface area contributed by atoms with Crippen LogP contribution in [-0.2, 0) is 0 Å². The molecule has 0 radical (unpaired) electrons. The molecule has 0 aromatic heterocycles. The summed E-state index contributed by atoms with van der Waals surface area (Å²) in [5.74, 6) is 0. The second-order valence-electron chi connectivity index (χ2n) is 3.68. The van der Waals surface area contributed by atoms with Crippen molar-refractivity contribution in [2.24, 2.45) is 0 Å². The predicted molar refractivity (Wildman–Crippen MR) is 44.2 cm³/mol. The number of nitrogens with zero attached hydrogens (tertiary/aromatic N) is 1. The van der Waals surface area contributed by atoms with Crippen molar-refractivity contribution in [3.05, 3.63) is 0 Å². The van der Waals surface area contributed by atoms with E-state index in [0.717, 1.165) is 6.54 Å². The van der Waals surface area contributed by atoms with E-state index in [1.165, 1.54) is 19.6 Å². The highest BCUT2D eigenvalue weighted by molar-refractivity contribution is 4.85. The van der Waals surface area contributed by atoms with E-state index in [9.17, 15) is 0 Å². The van der Waals surface area contributed by atoms with Gasteiger partial charge >= 0.3 is 0 Å². The molecular formula is C8H18N2. The molecule has 1 N–H and O–H groups in total. The Labute approximate surface area is 63.6 Å². The van der Waals surface area contributed by atoms with Crippen molar-refractivity contribution in [3.63, 3.8) is 0 Å². The Kier molecular flexibility index (Phi) is 2.32. The van der Waals surface area contributed by atoms with Crippen LogP contribution in [0.1, 0.15) is 20.8 Å². The molecule has 0 unspecified atom stereocenters. The van der Waals surface area contributed by atoms with Gasteiger partial charge in [0.15, 0.2) is 0 Å². The molecule has 1 heterocycles. The Morgan fingerprint density at radius 1 is 1.50 bits per heavy atom. The third-order valence-corrected chi connectivity index (χ3v) is 2.10. The van der Waals surface area contributed by atoms with Crippen LogP contribution in [0.5, 0.6) is 0 Å². The first-order chi connectivity index (χ1) is 4.64. The van der Waals surface area contributed by atoms with Crippen LogP contribution in [0.15, 0.2) is 0 Å². The summed E-state index contributed by atoms with van der Waals surface area (Å²) in [4.78, 5) is 2.48. The lowest BCUT2D eigenvalue weighted by Gasteiger charge is -2.38. The number of piperazine rings is 1. The van der Waals surface area contributed by atoms with Crippen LogP contribution in [0.4, 0.5) is 0 Å². The van der Waals surface area contributed by atoms with Gasteiger partial charge < -0.3 is 10.2 Å². The van der Waals surface area contributed by atoms with Gasteiger partial charge in [-0.15, -0.1) is 0 Å². The molecule has 0 aromatic carbocycles. The lowest BCUT2D eigenvalue weighted by atomic mass is 10.0. The van der Waals surface area contributed by atoms with E-state index in [1.807, 2.05) is 0 Å². The van der Waals surface area contributed by atoms with Crippen LogP contribution in [0.25, 0.3) is 0 Å². The van der Waals surface area contributed by atoms with Crippen molar-refractivity contribution >= 4 is 0 Å². The first-order valence-electron chi connectivity index (χ1n) is 4.11. The number of hydrogen-bond acceptors (Lipinski definition) is 2. The summed E-state index contributed by atoms with van der Waals surface area (Å²) in [7, 11) is 0. The Hall–Kier alpha value is -0.0800. The van der Waals surface area contributed by atoms with E-state index in [4.69, 9.17) is 0 Å². The van der Waals surface area contributed by atoms with Crippen LogP contribution in [-0.4, -0.2) is 36.6 Å². The first kappa shape index (κ1) is 8.02. The SMILES string of the molecule is CCN1CCNC(C)(C)C1. The van der Waals surface area contributed by atoms with E-state index >= 15 is 0 Å². The number of likely N-dealkylation sites (N-methyl/N-ethyl adjacent to an activating group) is 1. The van der Waals surface area contributed by atoms with E-state index in [0.29, 0.717) is 5.54 Å². The molecule has 1 fully saturated rings. The zero-order valence-corrected chi connectivity index (χ0v) is 7.28. The summed E-state index contributed by atoms with van der Waals surface area (Å²) < 4.78 is 0. The van der Waals surface area contributed by atoms with Crippen LogP contribution >= 0.6 is 0 Å². The topological polar surface area (TPSA) is 15.3 Å². The lowest BCUT2D eigenvalue weighted by Crippen LogP contribution is -2.56. The van der Waals surface area contributed by atoms with Crippen LogP contribution < -0.4 is 5.32 Å². The van der Waals surface area contributed by atoms with Gasteiger partial charge in [-0.2, -0.15) is 0 Å². The number of nitrogens with one attached hydrogen (secondary N) is 1. The van der Waals surface area contributed by atoms with Gasteiger partial charge in [-0.3, -0.25) is 0 Å². The molecule has 0 aliphatic carbocycles. The van der Waals surface area contributed by atoms with Crippen molar-refractivity contribution in [2.45, 2.75) is 26.3 Å². The molecule has 0 spiro atoms. The van der Waals surface area contributed by atoms with Crippen LogP contribution in [0.2, 0.25) is 0 Å². The van der Waals surface area contributed by atoms with Gasteiger partial charge in [0.25, 0.3) is 0 Å². The maximum atomic E-state index is 3.48. The minimum Gasteiger partial charge on any atom is -0.309 e. The standard InChI is InChI=1S/C8H18N2/c1-4-10-6-5-9-8(2,3)7-10/h9H,4-7H2,1-3H3. The van der Waals surface area contributed by atoms with E-state index < -0.39 is 0 Å². The molecular weight excluding hydrogens is 124 g/mol. The summed E-state index contributed by atoms with van der Waals surface area (Å²) in [5.41, 5.74) is 0.328. The lowest BCUT2D eigenvalue weighted by molar-refractivity contribution is 0.161. The highest BCUT2D eigenvalue weighted by Crippen LogP contribution is 2.08.